The van der Waals surface area contributed by atoms with Gasteiger partial charge in [0.25, 0.3) is 0 Å². The number of esters is 1. The molecule has 0 saturated carbocycles. The van der Waals surface area contributed by atoms with E-state index in [1.807, 2.05) is 20.8 Å². The van der Waals surface area contributed by atoms with Gasteiger partial charge in [-0.05, 0) is 12.3 Å². The fourth-order valence-electron chi connectivity index (χ4n) is 2.01. The molecule has 1 aliphatic rings. The molecule has 0 aromatic heterocycles. The molecule has 0 spiro atoms. The Kier molecular flexibility index (Phi) is 6.07. The molecule has 1 saturated heterocycles. The molecule has 2 amide bonds. The Bertz CT molecular complexity index is 420. The zero-order valence-corrected chi connectivity index (χ0v) is 14.1. The minimum Gasteiger partial charge on any atom is -0.467 e. The van der Waals surface area contributed by atoms with Gasteiger partial charge in [-0.2, -0.15) is 0 Å². The van der Waals surface area contributed by atoms with Crippen LogP contribution in [0.5, 0.6) is 0 Å². The van der Waals surface area contributed by atoms with E-state index in [9.17, 15) is 14.4 Å². The Morgan fingerprint density at radius 2 is 2.00 bits per heavy atom. The summed E-state index contributed by atoms with van der Waals surface area (Å²) in [6, 6.07) is -1.23. The molecule has 1 N–H and O–H groups in total. The maximum atomic E-state index is 12.3. The van der Waals surface area contributed by atoms with Crippen molar-refractivity contribution in [2.45, 2.75) is 46.2 Å². The molecule has 1 unspecified atom stereocenters. The Morgan fingerprint density at radius 3 is 2.52 bits per heavy atom. The third-order valence-electron chi connectivity index (χ3n) is 3.10. The number of hydrogen-bond donors (Lipinski definition) is 1. The first-order chi connectivity index (χ1) is 9.65. The van der Waals surface area contributed by atoms with E-state index in [1.165, 1.54) is 7.11 Å². The number of amides is 2. The molecule has 1 heterocycles. The molecule has 1 fully saturated rings. The first-order valence-corrected chi connectivity index (χ1v) is 8.06. The molecule has 120 valence electrons. The van der Waals surface area contributed by atoms with Crippen molar-refractivity contribution in [2.24, 2.45) is 5.41 Å². The van der Waals surface area contributed by atoms with Crippen LogP contribution in [-0.4, -0.2) is 53.5 Å². The number of methoxy groups -OCH3 is 1. The average Bonchev–Trinajstić information content (AvgIpc) is 2.84. The molecule has 2 atom stereocenters. The molecule has 1 aliphatic heterocycles. The summed E-state index contributed by atoms with van der Waals surface area (Å²) in [5.41, 5.74) is -0.120. The summed E-state index contributed by atoms with van der Waals surface area (Å²) in [7, 11) is 1.27. The third-order valence-corrected chi connectivity index (χ3v) is 4.11. The van der Waals surface area contributed by atoms with E-state index < -0.39 is 18.1 Å². The van der Waals surface area contributed by atoms with Crippen LogP contribution >= 0.6 is 11.8 Å². The van der Waals surface area contributed by atoms with Gasteiger partial charge in [0.05, 0.1) is 13.0 Å². The molecular weight excluding hydrogens is 292 g/mol. The van der Waals surface area contributed by atoms with Gasteiger partial charge in [-0.3, -0.25) is 9.59 Å². The molecule has 1 rings (SSSR count). The summed E-state index contributed by atoms with van der Waals surface area (Å²) < 4.78 is 4.58. The summed E-state index contributed by atoms with van der Waals surface area (Å²) >= 11 is 1.54. The fourth-order valence-corrected chi connectivity index (χ4v) is 3.19. The fraction of sp³-hybridized carbons (Fsp3) is 0.786. The van der Waals surface area contributed by atoms with Crippen LogP contribution in [0.15, 0.2) is 0 Å². The predicted octanol–water partition coefficient (Wildman–Crippen LogP) is 1.00. The lowest BCUT2D eigenvalue weighted by Gasteiger charge is -2.27. The molecule has 6 nitrogen and oxygen atoms in total. The topological polar surface area (TPSA) is 75.7 Å². The van der Waals surface area contributed by atoms with E-state index in [-0.39, 0.29) is 17.2 Å². The number of rotatable bonds is 4. The first-order valence-electron chi connectivity index (χ1n) is 6.91. The van der Waals surface area contributed by atoms with E-state index in [0.29, 0.717) is 18.1 Å². The predicted molar refractivity (Wildman–Crippen MR) is 81.7 cm³/mol. The number of nitrogens with one attached hydrogen (secondary N) is 1. The van der Waals surface area contributed by atoms with Crippen molar-refractivity contribution in [1.82, 2.24) is 10.2 Å². The summed E-state index contributed by atoms with van der Waals surface area (Å²) in [6.07, 6.45) is 0.393. The Balaban J connectivity index is 2.66. The highest BCUT2D eigenvalue weighted by atomic mass is 32.2. The highest BCUT2D eigenvalue weighted by Crippen LogP contribution is 2.26. The lowest BCUT2D eigenvalue weighted by atomic mass is 9.91. The second-order valence-electron chi connectivity index (χ2n) is 6.37. The Morgan fingerprint density at radius 1 is 1.38 bits per heavy atom. The molecule has 0 aliphatic carbocycles. The highest BCUT2D eigenvalue weighted by molar-refractivity contribution is 7.99. The van der Waals surface area contributed by atoms with Gasteiger partial charge in [0, 0.05) is 12.2 Å². The monoisotopic (exact) mass is 316 g/mol. The smallest absolute Gasteiger partial charge is 0.328 e. The molecule has 0 bridgehead atoms. The van der Waals surface area contributed by atoms with E-state index in [1.54, 1.807) is 23.6 Å². The van der Waals surface area contributed by atoms with Gasteiger partial charge in [0.2, 0.25) is 11.8 Å². The lowest BCUT2D eigenvalue weighted by Crippen LogP contribution is -2.51. The van der Waals surface area contributed by atoms with Crippen LogP contribution in [0.2, 0.25) is 0 Å². The van der Waals surface area contributed by atoms with Crippen molar-refractivity contribution in [3.63, 3.8) is 0 Å². The SMILES string of the molecule is COC(=O)[C@@H](C)NC(=O)C1CSCN1C(=O)CC(C)(C)C. The molecule has 7 heteroatoms. The summed E-state index contributed by atoms with van der Waals surface area (Å²) in [6.45, 7) is 7.53. The molecule has 0 radical (unpaired) electrons. The highest BCUT2D eigenvalue weighted by Gasteiger charge is 2.36. The molecule has 0 aromatic rings. The van der Waals surface area contributed by atoms with E-state index in [0.717, 1.165) is 0 Å². The van der Waals surface area contributed by atoms with Crippen molar-refractivity contribution >= 4 is 29.5 Å². The van der Waals surface area contributed by atoms with Gasteiger partial charge >= 0.3 is 5.97 Å². The summed E-state index contributed by atoms with van der Waals surface area (Å²) in [5, 5.41) is 2.60. The van der Waals surface area contributed by atoms with Crippen molar-refractivity contribution in [1.29, 1.82) is 0 Å². The van der Waals surface area contributed by atoms with Crippen molar-refractivity contribution in [3.8, 4) is 0 Å². The van der Waals surface area contributed by atoms with Gasteiger partial charge in [0.1, 0.15) is 12.1 Å². The second kappa shape index (κ2) is 7.15. The molecular formula is C14H24N2O4S. The van der Waals surface area contributed by atoms with Crippen LogP contribution in [0.3, 0.4) is 0 Å². The minimum atomic E-state index is -0.715. The van der Waals surface area contributed by atoms with Gasteiger partial charge in [-0.15, -0.1) is 11.8 Å². The average molecular weight is 316 g/mol. The van der Waals surface area contributed by atoms with Gasteiger partial charge in [-0.1, -0.05) is 20.8 Å². The number of hydrogen-bond acceptors (Lipinski definition) is 5. The lowest BCUT2D eigenvalue weighted by molar-refractivity contribution is -0.145. The molecule has 21 heavy (non-hydrogen) atoms. The van der Waals surface area contributed by atoms with E-state index >= 15 is 0 Å². The standard InChI is InChI=1S/C14H24N2O4S/c1-9(13(19)20-5)15-12(18)10-7-21-8-16(10)11(17)6-14(2,3)4/h9-10H,6-8H2,1-5H3,(H,15,18)/t9-,10?/m1/s1. The van der Waals surface area contributed by atoms with Crippen molar-refractivity contribution < 1.29 is 19.1 Å². The van der Waals surface area contributed by atoms with Crippen LogP contribution in [0.1, 0.15) is 34.1 Å². The zero-order valence-electron chi connectivity index (χ0n) is 13.3. The summed E-state index contributed by atoms with van der Waals surface area (Å²) in [5.74, 6) is 0.231. The second-order valence-corrected chi connectivity index (χ2v) is 7.37. The zero-order chi connectivity index (χ0) is 16.2. The number of carbonyl (C=O) groups excluding carboxylic acids is 3. The van der Waals surface area contributed by atoms with Gasteiger partial charge in [-0.25, -0.2) is 4.79 Å². The first kappa shape index (κ1) is 17.8. The van der Waals surface area contributed by atoms with E-state index in [2.05, 4.69) is 10.1 Å². The normalized spacial score (nSPS) is 20.0. The Hall–Kier alpha value is -1.24. The van der Waals surface area contributed by atoms with E-state index in [4.69, 9.17) is 0 Å². The minimum absolute atomic E-state index is 0.0293. The van der Waals surface area contributed by atoms with Crippen LogP contribution in [0.4, 0.5) is 0 Å². The maximum absolute atomic E-state index is 12.3. The van der Waals surface area contributed by atoms with Crippen LogP contribution in [-0.2, 0) is 19.1 Å². The number of nitrogens with zero attached hydrogens (tertiary/aromatic N) is 1. The van der Waals surface area contributed by atoms with Crippen molar-refractivity contribution in [2.75, 3.05) is 18.7 Å². The maximum Gasteiger partial charge on any atom is 0.328 e. The largest absolute Gasteiger partial charge is 0.467 e. The van der Waals surface area contributed by atoms with Gasteiger partial charge in [0.15, 0.2) is 0 Å². The Labute approximate surface area is 130 Å². The third kappa shape index (κ3) is 5.22. The molecule has 0 aromatic carbocycles. The van der Waals surface area contributed by atoms with Gasteiger partial charge < -0.3 is 15.0 Å². The quantitative estimate of drug-likeness (QED) is 0.783. The number of ether oxygens (including phenoxy) is 1. The van der Waals surface area contributed by atoms with Crippen LogP contribution in [0.25, 0.3) is 0 Å². The number of carbonyl (C=O) groups is 3. The van der Waals surface area contributed by atoms with Crippen LogP contribution in [0, 0.1) is 5.41 Å². The van der Waals surface area contributed by atoms with Crippen LogP contribution < -0.4 is 5.32 Å². The van der Waals surface area contributed by atoms with Crippen molar-refractivity contribution in [3.05, 3.63) is 0 Å². The summed E-state index contributed by atoms with van der Waals surface area (Å²) in [4.78, 5) is 37.5. The number of thioether (sulfide) groups is 1.